The van der Waals surface area contributed by atoms with Crippen molar-refractivity contribution in [1.29, 1.82) is 0 Å². The van der Waals surface area contributed by atoms with Crippen LogP contribution in [0.2, 0.25) is 0 Å². The Bertz CT molecular complexity index is 262. The molecule has 0 unspecified atom stereocenters. The summed E-state index contributed by atoms with van der Waals surface area (Å²) in [5.74, 6) is 0.946. The topological polar surface area (TPSA) is 40.5 Å². The van der Waals surface area contributed by atoms with Crippen LogP contribution in [-0.4, -0.2) is 22.4 Å². The molecule has 2 aliphatic carbocycles. The minimum absolute atomic E-state index is 0.199. The highest BCUT2D eigenvalue weighted by atomic mass is 16.3. The van der Waals surface area contributed by atoms with Crippen LogP contribution in [0.4, 0.5) is 0 Å². The average molecular weight is 266 g/mol. The summed E-state index contributed by atoms with van der Waals surface area (Å²) >= 11 is 0. The zero-order chi connectivity index (χ0) is 13.5. The van der Waals surface area contributed by atoms with Gasteiger partial charge in [-0.25, -0.2) is 0 Å². The summed E-state index contributed by atoms with van der Waals surface area (Å²) in [5.41, 5.74) is 0. The molecule has 2 atom stereocenters. The third kappa shape index (κ3) is 4.92. The Morgan fingerprint density at radius 2 is 1.32 bits per heavy atom. The smallest absolute Gasteiger partial charge is 0.0749 e. The van der Waals surface area contributed by atoms with Crippen molar-refractivity contribution in [2.24, 2.45) is 11.8 Å². The fourth-order valence-electron chi connectivity index (χ4n) is 3.70. The van der Waals surface area contributed by atoms with Crippen molar-refractivity contribution in [3.63, 3.8) is 0 Å². The molecule has 110 valence electrons. The van der Waals surface area contributed by atoms with E-state index in [0.29, 0.717) is 18.3 Å². The lowest BCUT2D eigenvalue weighted by Gasteiger charge is -2.26. The summed E-state index contributed by atoms with van der Waals surface area (Å²) in [6.07, 6.45) is 16.6. The van der Waals surface area contributed by atoms with Gasteiger partial charge in [0, 0.05) is 0 Å². The van der Waals surface area contributed by atoms with Crippen molar-refractivity contribution in [1.82, 2.24) is 0 Å². The van der Waals surface area contributed by atoms with Gasteiger partial charge in [0.05, 0.1) is 12.2 Å². The zero-order valence-corrected chi connectivity index (χ0v) is 12.1. The van der Waals surface area contributed by atoms with Crippen LogP contribution in [-0.2, 0) is 0 Å². The molecule has 2 saturated carbocycles. The first-order valence-electron chi connectivity index (χ1n) is 8.30. The summed E-state index contributed by atoms with van der Waals surface area (Å²) in [6, 6.07) is 0. The van der Waals surface area contributed by atoms with Gasteiger partial charge in [-0.3, -0.25) is 0 Å². The standard InChI is InChI=1S/C17H30O2/c18-16(14-8-3-1-4-9-14)12-7-13-17(19)15-10-5-2-6-11-15/h7,12,14-19H,1-6,8-11,13H2/b12-7-/t16-,17+/m1/s1. The second-order valence-corrected chi connectivity index (χ2v) is 6.52. The molecule has 0 amide bonds. The number of aliphatic hydroxyl groups excluding tert-OH is 2. The Hall–Kier alpha value is -0.340. The molecule has 0 bridgehead atoms. The second kappa shape index (κ2) is 8.06. The third-order valence-electron chi connectivity index (χ3n) is 5.04. The lowest BCUT2D eigenvalue weighted by Crippen LogP contribution is -2.23. The molecule has 0 aromatic carbocycles. The van der Waals surface area contributed by atoms with E-state index in [4.69, 9.17) is 0 Å². The van der Waals surface area contributed by atoms with Crippen molar-refractivity contribution in [3.8, 4) is 0 Å². The van der Waals surface area contributed by atoms with Crippen molar-refractivity contribution in [2.75, 3.05) is 0 Å². The first-order chi connectivity index (χ1) is 9.27. The largest absolute Gasteiger partial charge is 0.393 e. The molecule has 0 aliphatic heterocycles. The molecule has 2 nitrogen and oxygen atoms in total. The van der Waals surface area contributed by atoms with Crippen LogP contribution in [0.15, 0.2) is 12.2 Å². The predicted octanol–water partition coefficient (Wildman–Crippen LogP) is 3.82. The first kappa shape index (κ1) is 15.1. The molecule has 0 saturated heterocycles. The molecule has 2 rings (SSSR count). The quantitative estimate of drug-likeness (QED) is 0.743. The molecule has 2 fully saturated rings. The number of hydrogen-bond acceptors (Lipinski definition) is 2. The minimum Gasteiger partial charge on any atom is -0.393 e. The summed E-state index contributed by atoms with van der Waals surface area (Å²) in [7, 11) is 0. The zero-order valence-electron chi connectivity index (χ0n) is 12.1. The van der Waals surface area contributed by atoms with Crippen molar-refractivity contribution in [2.45, 2.75) is 82.8 Å². The Labute approximate surface area is 117 Å². The molecule has 2 aliphatic rings. The first-order valence-corrected chi connectivity index (χ1v) is 8.30. The summed E-state index contributed by atoms with van der Waals surface area (Å²) in [6.45, 7) is 0. The Morgan fingerprint density at radius 1 is 0.789 bits per heavy atom. The van der Waals surface area contributed by atoms with Gasteiger partial charge in [0.15, 0.2) is 0 Å². The van der Waals surface area contributed by atoms with Gasteiger partial charge in [0.25, 0.3) is 0 Å². The molecule has 2 N–H and O–H groups in total. The minimum atomic E-state index is -0.293. The molecule has 0 heterocycles. The molecular weight excluding hydrogens is 236 g/mol. The molecule has 0 aromatic heterocycles. The Morgan fingerprint density at radius 3 is 1.89 bits per heavy atom. The van der Waals surface area contributed by atoms with Crippen LogP contribution in [0.3, 0.4) is 0 Å². The molecular formula is C17H30O2. The maximum Gasteiger partial charge on any atom is 0.0749 e. The van der Waals surface area contributed by atoms with E-state index < -0.39 is 0 Å². The predicted molar refractivity (Wildman–Crippen MR) is 78.9 cm³/mol. The van der Waals surface area contributed by atoms with Gasteiger partial charge in [-0.05, 0) is 43.9 Å². The Balaban J connectivity index is 1.69. The fraction of sp³-hybridized carbons (Fsp3) is 0.882. The Kier molecular flexibility index (Phi) is 6.39. The highest BCUT2D eigenvalue weighted by molar-refractivity contribution is 4.94. The van der Waals surface area contributed by atoms with Crippen LogP contribution in [0.1, 0.15) is 70.6 Å². The van der Waals surface area contributed by atoms with Gasteiger partial charge in [-0.1, -0.05) is 50.7 Å². The maximum atomic E-state index is 10.2. The van der Waals surface area contributed by atoms with E-state index in [-0.39, 0.29) is 12.2 Å². The van der Waals surface area contributed by atoms with Crippen LogP contribution in [0.5, 0.6) is 0 Å². The lowest BCUT2D eigenvalue weighted by molar-refractivity contribution is 0.0863. The van der Waals surface area contributed by atoms with Gasteiger partial charge in [0.1, 0.15) is 0 Å². The van der Waals surface area contributed by atoms with Gasteiger partial charge >= 0.3 is 0 Å². The summed E-state index contributed by atoms with van der Waals surface area (Å²) < 4.78 is 0. The normalized spacial score (nSPS) is 26.6. The van der Waals surface area contributed by atoms with E-state index >= 15 is 0 Å². The SMILES string of the molecule is O[C@H](/C=C\C[C@H](O)C1CCCCC1)C1CCCCC1. The highest BCUT2D eigenvalue weighted by Gasteiger charge is 2.22. The maximum absolute atomic E-state index is 10.2. The van der Waals surface area contributed by atoms with Gasteiger partial charge in [0.2, 0.25) is 0 Å². The molecule has 0 radical (unpaired) electrons. The second-order valence-electron chi connectivity index (χ2n) is 6.52. The summed E-state index contributed by atoms with van der Waals surface area (Å²) in [5, 5.41) is 20.3. The van der Waals surface area contributed by atoms with Crippen molar-refractivity contribution in [3.05, 3.63) is 12.2 Å². The highest BCUT2D eigenvalue weighted by Crippen LogP contribution is 2.29. The molecule has 2 heteroatoms. The molecule has 0 aromatic rings. The lowest BCUT2D eigenvalue weighted by atomic mass is 9.83. The van der Waals surface area contributed by atoms with Gasteiger partial charge < -0.3 is 10.2 Å². The average Bonchev–Trinajstić information content (AvgIpc) is 2.49. The van der Waals surface area contributed by atoms with E-state index in [0.717, 1.165) is 12.8 Å². The van der Waals surface area contributed by atoms with E-state index in [1.165, 1.54) is 51.4 Å². The van der Waals surface area contributed by atoms with Crippen LogP contribution < -0.4 is 0 Å². The third-order valence-corrected chi connectivity index (χ3v) is 5.04. The van der Waals surface area contributed by atoms with Gasteiger partial charge in [-0.15, -0.1) is 0 Å². The molecule has 19 heavy (non-hydrogen) atoms. The fourth-order valence-corrected chi connectivity index (χ4v) is 3.70. The van der Waals surface area contributed by atoms with Crippen molar-refractivity contribution >= 4 is 0 Å². The van der Waals surface area contributed by atoms with Crippen LogP contribution in [0.25, 0.3) is 0 Å². The summed E-state index contributed by atoms with van der Waals surface area (Å²) in [4.78, 5) is 0. The number of rotatable bonds is 5. The van der Waals surface area contributed by atoms with Crippen LogP contribution in [0, 0.1) is 11.8 Å². The monoisotopic (exact) mass is 266 g/mol. The van der Waals surface area contributed by atoms with Crippen molar-refractivity contribution < 1.29 is 10.2 Å². The van der Waals surface area contributed by atoms with Gasteiger partial charge in [-0.2, -0.15) is 0 Å². The van der Waals surface area contributed by atoms with E-state index in [2.05, 4.69) is 0 Å². The van der Waals surface area contributed by atoms with E-state index in [1.807, 2.05) is 12.2 Å². The number of aliphatic hydroxyl groups is 2. The molecule has 0 spiro atoms. The van der Waals surface area contributed by atoms with E-state index in [1.54, 1.807) is 0 Å². The van der Waals surface area contributed by atoms with Crippen LogP contribution >= 0.6 is 0 Å². The van der Waals surface area contributed by atoms with E-state index in [9.17, 15) is 10.2 Å². The number of hydrogen-bond donors (Lipinski definition) is 2.